The fourth-order valence-electron chi connectivity index (χ4n) is 1.94. The second-order valence-electron chi connectivity index (χ2n) is 3.34. The fourth-order valence-corrected chi connectivity index (χ4v) is 1.94. The molecule has 0 amide bonds. The largest absolute Gasteiger partial charge is 0.303 e. The number of aromatic nitrogens is 2. The highest BCUT2D eigenvalue weighted by molar-refractivity contribution is 5.64. The zero-order chi connectivity index (χ0) is 8.55. The lowest BCUT2D eigenvalue weighted by atomic mass is 9.86. The van der Waals surface area contributed by atoms with Gasteiger partial charge in [0.25, 0.3) is 0 Å². The van der Waals surface area contributed by atoms with Crippen molar-refractivity contribution in [2.45, 2.75) is 32.1 Å². The summed E-state index contributed by atoms with van der Waals surface area (Å²) in [6.07, 6.45) is 4.13. The van der Waals surface area contributed by atoms with E-state index in [4.69, 9.17) is 0 Å². The first kappa shape index (κ1) is 7.53. The molecule has 1 aliphatic rings. The van der Waals surface area contributed by atoms with Crippen LogP contribution < -0.4 is 0 Å². The van der Waals surface area contributed by atoms with E-state index in [9.17, 15) is 4.79 Å². The van der Waals surface area contributed by atoms with Crippen molar-refractivity contribution in [1.82, 2.24) is 10.2 Å². The number of nitrogens with one attached hydrogen (secondary N) is 1. The molecule has 0 fully saturated rings. The quantitative estimate of drug-likeness (QED) is 0.636. The topological polar surface area (TPSA) is 45.8 Å². The average molecular weight is 164 g/mol. The first-order valence-corrected chi connectivity index (χ1v) is 4.32. The number of aromatic amines is 1. The summed E-state index contributed by atoms with van der Waals surface area (Å²) in [6, 6.07) is 0. The molecule has 1 aliphatic carbocycles. The number of fused-ring (bicyclic) bond motifs is 1. The molecule has 0 aliphatic heterocycles. The van der Waals surface area contributed by atoms with Crippen LogP contribution in [-0.2, 0) is 11.2 Å². The van der Waals surface area contributed by atoms with Gasteiger partial charge in [0, 0.05) is 17.2 Å². The standard InChI is InChI=1S/C9H12N2O/c1-6-9-7(5-12)3-2-4-8(9)11-10-6/h5,7H,2-4H2,1H3,(H,10,11). The number of hydrogen-bond acceptors (Lipinski definition) is 2. The second kappa shape index (κ2) is 2.73. The van der Waals surface area contributed by atoms with Crippen LogP contribution >= 0.6 is 0 Å². The molecule has 1 N–H and O–H groups in total. The third kappa shape index (κ3) is 0.967. The van der Waals surface area contributed by atoms with Crippen LogP contribution in [-0.4, -0.2) is 16.5 Å². The lowest BCUT2D eigenvalue weighted by Gasteiger charge is -2.16. The van der Waals surface area contributed by atoms with Gasteiger partial charge in [-0.1, -0.05) is 0 Å². The Labute approximate surface area is 71.2 Å². The summed E-state index contributed by atoms with van der Waals surface area (Å²) in [5, 5.41) is 7.11. The number of aryl methyl sites for hydroxylation is 2. The minimum Gasteiger partial charge on any atom is -0.303 e. The number of hydrogen-bond donors (Lipinski definition) is 1. The van der Waals surface area contributed by atoms with Crippen LogP contribution in [0.1, 0.15) is 35.7 Å². The van der Waals surface area contributed by atoms with E-state index in [1.807, 2.05) is 6.92 Å². The molecule has 1 heterocycles. The lowest BCUT2D eigenvalue weighted by Crippen LogP contribution is -2.10. The highest BCUT2D eigenvalue weighted by Crippen LogP contribution is 2.30. The van der Waals surface area contributed by atoms with Gasteiger partial charge in [-0.3, -0.25) is 5.10 Å². The molecule has 1 unspecified atom stereocenters. The Morgan fingerprint density at radius 3 is 3.25 bits per heavy atom. The third-order valence-corrected chi connectivity index (χ3v) is 2.54. The molecule has 3 heteroatoms. The van der Waals surface area contributed by atoms with E-state index in [-0.39, 0.29) is 5.92 Å². The van der Waals surface area contributed by atoms with Crippen LogP contribution in [0, 0.1) is 6.92 Å². The molecule has 0 aromatic carbocycles. The maximum Gasteiger partial charge on any atom is 0.127 e. The van der Waals surface area contributed by atoms with E-state index in [0.717, 1.165) is 42.5 Å². The van der Waals surface area contributed by atoms with Crippen molar-refractivity contribution in [2.24, 2.45) is 0 Å². The van der Waals surface area contributed by atoms with Gasteiger partial charge in [-0.25, -0.2) is 0 Å². The normalized spacial score (nSPS) is 21.9. The van der Waals surface area contributed by atoms with E-state index in [2.05, 4.69) is 10.2 Å². The molecule has 0 saturated heterocycles. The van der Waals surface area contributed by atoms with Gasteiger partial charge in [0.2, 0.25) is 0 Å². The number of aldehydes is 1. The molecule has 64 valence electrons. The first-order chi connectivity index (χ1) is 5.83. The number of carbonyl (C=O) groups is 1. The van der Waals surface area contributed by atoms with Crippen LogP contribution in [0.15, 0.2) is 0 Å². The number of rotatable bonds is 1. The minimum absolute atomic E-state index is 0.0903. The van der Waals surface area contributed by atoms with Crippen LogP contribution in [0.2, 0.25) is 0 Å². The molecule has 2 rings (SSSR count). The van der Waals surface area contributed by atoms with Gasteiger partial charge >= 0.3 is 0 Å². The first-order valence-electron chi connectivity index (χ1n) is 4.32. The molecular formula is C9H12N2O. The molecule has 0 spiro atoms. The molecule has 0 saturated carbocycles. The van der Waals surface area contributed by atoms with E-state index < -0.39 is 0 Å². The fraction of sp³-hybridized carbons (Fsp3) is 0.556. The Kier molecular flexibility index (Phi) is 1.71. The number of nitrogens with zero attached hydrogens (tertiary/aromatic N) is 1. The van der Waals surface area contributed by atoms with Gasteiger partial charge < -0.3 is 4.79 Å². The summed E-state index contributed by atoms with van der Waals surface area (Å²) in [7, 11) is 0. The van der Waals surface area contributed by atoms with Crippen molar-refractivity contribution in [1.29, 1.82) is 0 Å². The van der Waals surface area contributed by atoms with Crippen LogP contribution in [0.25, 0.3) is 0 Å². The van der Waals surface area contributed by atoms with Gasteiger partial charge in [-0.15, -0.1) is 0 Å². The van der Waals surface area contributed by atoms with Crippen molar-refractivity contribution in [2.75, 3.05) is 0 Å². The van der Waals surface area contributed by atoms with E-state index in [0.29, 0.717) is 0 Å². The van der Waals surface area contributed by atoms with E-state index in [1.165, 1.54) is 0 Å². The minimum atomic E-state index is 0.0903. The van der Waals surface area contributed by atoms with Crippen LogP contribution in [0.4, 0.5) is 0 Å². The van der Waals surface area contributed by atoms with Crippen molar-refractivity contribution in [3.05, 3.63) is 17.0 Å². The third-order valence-electron chi connectivity index (χ3n) is 2.54. The Morgan fingerprint density at radius 1 is 1.67 bits per heavy atom. The van der Waals surface area contributed by atoms with Gasteiger partial charge in [0.1, 0.15) is 6.29 Å². The van der Waals surface area contributed by atoms with Gasteiger partial charge in [0.05, 0.1) is 5.69 Å². The molecule has 0 radical (unpaired) electrons. The zero-order valence-electron chi connectivity index (χ0n) is 7.13. The van der Waals surface area contributed by atoms with Gasteiger partial charge in [-0.2, -0.15) is 5.10 Å². The Hall–Kier alpha value is -1.12. The molecule has 1 aromatic rings. The predicted molar refractivity (Wildman–Crippen MR) is 45.1 cm³/mol. The Balaban J connectivity index is 2.47. The monoisotopic (exact) mass is 164 g/mol. The average Bonchev–Trinajstić information content (AvgIpc) is 2.48. The van der Waals surface area contributed by atoms with E-state index in [1.54, 1.807) is 0 Å². The molecule has 12 heavy (non-hydrogen) atoms. The zero-order valence-corrected chi connectivity index (χ0v) is 7.13. The molecule has 0 bridgehead atoms. The SMILES string of the molecule is Cc1[nH]nc2c1C(C=O)CCC2. The summed E-state index contributed by atoms with van der Waals surface area (Å²) in [6.45, 7) is 1.98. The summed E-state index contributed by atoms with van der Waals surface area (Å²) in [4.78, 5) is 10.7. The van der Waals surface area contributed by atoms with E-state index >= 15 is 0 Å². The summed E-state index contributed by atoms with van der Waals surface area (Å²) < 4.78 is 0. The van der Waals surface area contributed by atoms with Gasteiger partial charge in [0.15, 0.2) is 0 Å². The highest BCUT2D eigenvalue weighted by Gasteiger charge is 2.23. The summed E-state index contributed by atoms with van der Waals surface area (Å²) in [5.74, 6) is 0.0903. The molecule has 1 aromatic heterocycles. The summed E-state index contributed by atoms with van der Waals surface area (Å²) >= 11 is 0. The van der Waals surface area contributed by atoms with Crippen LogP contribution in [0.3, 0.4) is 0 Å². The van der Waals surface area contributed by atoms with Crippen molar-refractivity contribution in [3.8, 4) is 0 Å². The van der Waals surface area contributed by atoms with Gasteiger partial charge in [-0.05, 0) is 26.2 Å². The summed E-state index contributed by atoms with van der Waals surface area (Å²) in [5.41, 5.74) is 3.30. The lowest BCUT2D eigenvalue weighted by molar-refractivity contribution is -0.109. The second-order valence-corrected chi connectivity index (χ2v) is 3.34. The maximum atomic E-state index is 10.7. The molecule has 1 atom stereocenters. The highest BCUT2D eigenvalue weighted by atomic mass is 16.1. The van der Waals surface area contributed by atoms with Crippen molar-refractivity contribution < 1.29 is 4.79 Å². The number of carbonyl (C=O) groups excluding carboxylic acids is 1. The maximum absolute atomic E-state index is 10.7. The van der Waals surface area contributed by atoms with Crippen molar-refractivity contribution >= 4 is 6.29 Å². The molecule has 3 nitrogen and oxygen atoms in total. The Morgan fingerprint density at radius 2 is 2.50 bits per heavy atom. The van der Waals surface area contributed by atoms with Crippen LogP contribution in [0.5, 0.6) is 0 Å². The number of H-pyrrole nitrogens is 1. The Bertz CT molecular complexity index is 303. The molecular weight excluding hydrogens is 152 g/mol. The smallest absolute Gasteiger partial charge is 0.127 e. The predicted octanol–water partition coefficient (Wildman–Crippen LogP) is 1.34. The van der Waals surface area contributed by atoms with Crippen molar-refractivity contribution in [3.63, 3.8) is 0 Å².